The fourth-order valence-corrected chi connectivity index (χ4v) is 3.20. The van der Waals surface area contributed by atoms with Gasteiger partial charge in [0.2, 0.25) is 5.91 Å². The molecule has 1 saturated carbocycles. The number of rotatable bonds is 6. The van der Waals surface area contributed by atoms with E-state index in [1.165, 1.54) is 0 Å². The molecule has 120 valence electrons. The molecule has 0 radical (unpaired) electrons. The molecule has 2 aliphatic rings. The van der Waals surface area contributed by atoms with Crippen molar-refractivity contribution in [2.75, 3.05) is 19.7 Å². The van der Waals surface area contributed by atoms with Gasteiger partial charge in [-0.15, -0.1) is 0 Å². The first-order chi connectivity index (χ1) is 10.0. The summed E-state index contributed by atoms with van der Waals surface area (Å²) in [5, 5.41) is 15.5. The lowest BCUT2D eigenvalue weighted by Gasteiger charge is -2.28. The van der Waals surface area contributed by atoms with Gasteiger partial charge in [-0.3, -0.25) is 9.59 Å². The minimum atomic E-state index is -0.828. The Kier molecular flexibility index (Phi) is 5.58. The highest BCUT2D eigenvalue weighted by Crippen LogP contribution is 2.38. The maximum atomic E-state index is 12.0. The molecule has 0 bridgehead atoms. The standard InChI is InChI=1S/C15H26N2O4/c1-15(14(19)20)7-2-3-12(15)17-13(18)6-10-21-11-4-8-16-9-5-11/h11-12,16H,2-10H2,1H3,(H,17,18)(H,19,20). The molecule has 1 aliphatic carbocycles. The molecule has 1 amide bonds. The fourth-order valence-electron chi connectivity index (χ4n) is 3.20. The summed E-state index contributed by atoms with van der Waals surface area (Å²) < 4.78 is 5.70. The molecule has 2 rings (SSSR count). The first-order valence-corrected chi connectivity index (χ1v) is 7.87. The zero-order chi connectivity index (χ0) is 15.3. The van der Waals surface area contributed by atoms with Gasteiger partial charge in [0.25, 0.3) is 0 Å². The predicted octanol–water partition coefficient (Wildman–Crippen LogP) is 0.905. The van der Waals surface area contributed by atoms with Crippen LogP contribution in [-0.2, 0) is 14.3 Å². The van der Waals surface area contributed by atoms with E-state index in [1.54, 1.807) is 6.92 Å². The third kappa shape index (κ3) is 4.17. The Bertz CT molecular complexity index is 382. The number of ether oxygens (including phenoxy) is 1. The zero-order valence-electron chi connectivity index (χ0n) is 12.7. The van der Waals surface area contributed by atoms with E-state index in [2.05, 4.69) is 10.6 Å². The van der Waals surface area contributed by atoms with Crippen LogP contribution in [0.2, 0.25) is 0 Å². The van der Waals surface area contributed by atoms with Crippen LogP contribution >= 0.6 is 0 Å². The number of carboxylic acids is 1. The highest BCUT2D eigenvalue weighted by Gasteiger charge is 2.45. The van der Waals surface area contributed by atoms with Crippen LogP contribution in [0.4, 0.5) is 0 Å². The van der Waals surface area contributed by atoms with Crippen LogP contribution < -0.4 is 10.6 Å². The molecule has 0 aromatic rings. The van der Waals surface area contributed by atoms with Crippen LogP contribution in [0.5, 0.6) is 0 Å². The van der Waals surface area contributed by atoms with Crippen molar-refractivity contribution in [3.05, 3.63) is 0 Å². The summed E-state index contributed by atoms with van der Waals surface area (Å²) in [6, 6.07) is -0.263. The second kappa shape index (κ2) is 7.22. The molecule has 2 atom stereocenters. The maximum absolute atomic E-state index is 12.0. The smallest absolute Gasteiger partial charge is 0.311 e. The lowest BCUT2D eigenvalue weighted by atomic mass is 9.85. The van der Waals surface area contributed by atoms with Crippen LogP contribution in [0.3, 0.4) is 0 Å². The van der Waals surface area contributed by atoms with Gasteiger partial charge in [0, 0.05) is 12.5 Å². The summed E-state index contributed by atoms with van der Waals surface area (Å²) in [5.41, 5.74) is -0.828. The van der Waals surface area contributed by atoms with Crippen molar-refractivity contribution in [3.63, 3.8) is 0 Å². The highest BCUT2D eigenvalue weighted by molar-refractivity contribution is 5.80. The number of piperidine rings is 1. The molecule has 0 aromatic carbocycles. The Balaban J connectivity index is 1.70. The Morgan fingerprint density at radius 1 is 1.33 bits per heavy atom. The van der Waals surface area contributed by atoms with E-state index in [-0.39, 0.29) is 18.1 Å². The van der Waals surface area contributed by atoms with Crippen LogP contribution in [0.25, 0.3) is 0 Å². The highest BCUT2D eigenvalue weighted by atomic mass is 16.5. The van der Waals surface area contributed by atoms with Crippen molar-refractivity contribution < 1.29 is 19.4 Å². The van der Waals surface area contributed by atoms with Gasteiger partial charge in [-0.25, -0.2) is 0 Å². The molecule has 3 N–H and O–H groups in total. The van der Waals surface area contributed by atoms with Crippen molar-refractivity contribution in [3.8, 4) is 0 Å². The van der Waals surface area contributed by atoms with Gasteiger partial charge in [0.15, 0.2) is 0 Å². The molecular formula is C15H26N2O4. The quantitative estimate of drug-likeness (QED) is 0.678. The summed E-state index contributed by atoms with van der Waals surface area (Å²) in [7, 11) is 0. The van der Waals surface area contributed by atoms with Crippen molar-refractivity contribution in [1.82, 2.24) is 10.6 Å². The Labute approximate surface area is 125 Å². The van der Waals surface area contributed by atoms with Gasteiger partial charge in [0.1, 0.15) is 0 Å². The second-order valence-corrected chi connectivity index (χ2v) is 6.31. The molecule has 21 heavy (non-hydrogen) atoms. The van der Waals surface area contributed by atoms with E-state index >= 15 is 0 Å². The van der Waals surface area contributed by atoms with Crippen LogP contribution in [0.15, 0.2) is 0 Å². The minimum Gasteiger partial charge on any atom is -0.481 e. The third-order valence-electron chi connectivity index (χ3n) is 4.75. The van der Waals surface area contributed by atoms with E-state index in [4.69, 9.17) is 4.74 Å². The summed E-state index contributed by atoms with van der Waals surface area (Å²) in [4.78, 5) is 23.3. The zero-order valence-corrected chi connectivity index (χ0v) is 12.7. The van der Waals surface area contributed by atoms with Crippen molar-refractivity contribution >= 4 is 11.9 Å². The lowest BCUT2D eigenvalue weighted by molar-refractivity contribution is -0.149. The molecule has 1 heterocycles. The summed E-state index contributed by atoms with van der Waals surface area (Å²) >= 11 is 0. The second-order valence-electron chi connectivity index (χ2n) is 6.31. The SMILES string of the molecule is CC1(C(=O)O)CCCC1NC(=O)CCOC1CCNCC1. The van der Waals surface area contributed by atoms with Gasteiger partial charge >= 0.3 is 5.97 Å². The Morgan fingerprint density at radius 3 is 2.71 bits per heavy atom. The fraction of sp³-hybridized carbons (Fsp3) is 0.867. The molecular weight excluding hydrogens is 272 g/mol. The van der Waals surface area contributed by atoms with Gasteiger partial charge < -0.3 is 20.5 Å². The van der Waals surface area contributed by atoms with E-state index < -0.39 is 11.4 Å². The number of carboxylic acid groups (broad SMARTS) is 1. The number of carbonyl (C=O) groups is 2. The number of aliphatic carboxylic acids is 1. The number of hydrogen-bond acceptors (Lipinski definition) is 4. The first kappa shape index (κ1) is 16.2. The van der Waals surface area contributed by atoms with E-state index in [1.807, 2.05) is 0 Å². The number of hydrogen-bond donors (Lipinski definition) is 3. The third-order valence-corrected chi connectivity index (χ3v) is 4.75. The predicted molar refractivity (Wildman–Crippen MR) is 78.0 cm³/mol. The molecule has 6 nitrogen and oxygen atoms in total. The number of amides is 1. The average Bonchev–Trinajstić information content (AvgIpc) is 2.83. The summed E-state index contributed by atoms with van der Waals surface area (Å²) in [5.74, 6) is -0.931. The van der Waals surface area contributed by atoms with Gasteiger partial charge in [0.05, 0.1) is 18.1 Å². The largest absolute Gasteiger partial charge is 0.481 e. The van der Waals surface area contributed by atoms with Crippen LogP contribution in [-0.4, -0.2) is 48.8 Å². The molecule has 2 unspecified atom stereocenters. The summed E-state index contributed by atoms with van der Waals surface area (Å²) in [6.07, 6.45) is 4.73. The molecule has 0 aromatic heterocycles. The lowest BCUT2D eigenvalue weighted by Crippen LogP contribution is -2.47. The van der Waals surface area contributed by atoms with Crippen LogP contribution in [0, 0.1) is 5.41 Å². The van der Waals surface area contributed by atoms with Crippen molar-refractivity contribution in [2.24, 2.45) is 5.41 Å². The Morgan fingerprint density at radius 2 is 2.05 bits per heavy atom. The molecule has 6 heteroatoms. The van der Waals surface area contributed by atoms with Crippen molar-refractivity contribution in [1.29, 1.82) is 0 Å². The molecule has 1 saturated heterocycles. The van der Waals surface area contributed by atoms with E-state index in [0.717, 1.165) is 38.8 Å². The number of carbonyl (C=O) groups excluding carboxylic acids is 1. The molecule has 1 aliphatic heterocycles. The average molecular weight is 298 g/mol. The molecule has 2 fully saturated rings. The van der Waals surface area contributed by atoms with Gasteiger partial charge in [-0.1, -0.05) is 6.42 Å². The summed E-state index contributed by atoms with van der Waals surface area (Å²) in [6.45, 7) is 4.07. The molecule has 0 spiro atoms. The van der Waals surface area contributed by atoms with E-state index in [9.17, 15) is 14.7 Å². The maximum Gasteiger partial charge on any atom is 0.311 e. The first-order valence-electron chi connectivity index (χ1n) is 7.87. The van der Waals surface area contributed by atoms with E-state index in [0.29, 0.717) is 19.4 Å². The van der Waals surface area contributed by atoms with Crippen molar-refractivity contribution in [2.45, 2.75) is 57.6 Å². The van der Waals surface area contributed by atoms with Gasteiger partial charge in [-0.2, -0.15) is 0 Å². The number of nitrogens with one attached hydrogen (secondary N) is 2. The monoisotopic (exact) mass is 298 g/mol. The van der Waals surface area contributed by atoms with Crippen LogP contribution in [0.1, 0.15) is 45.4 Å². The Hall–Kier alpha value is -1.14. The topological polar surface area (TPSA) is 87.7 Å². The normalized spacial score (nSPS) is 30.2. The van der Waals surface area contributed by atoms with Gasteiger partial charge in [-0.05, 0) is 45.7 Å². The minimum absolute atomic E-state index is 0.108.